The molecule has 82 valence electrons. The van der Waals surface area contributed by atoms with Crippen molar-refractivity contribution >= 4 is 54.8 Å². The molecule has 5 heteroatoms. The first-order valence-electron chi connectivity index (χ1n) is 4.48. The Hall–Kier alpha value is -0.580. The largest absolute Gasteiger partial charge is 0.353 e. The van der Waals surface area contributed by atoms with Crippen molar-refractivity contribution in [3.8, 4) is 0 Å². The fourth-order valence-electron chi connectivity index (χ4n) is 1.23. The number of aromatic nitrogens is 1. The quantitative estimate of drug-likeness (QED) is 0.813. The predicted molar refractivity (Wildman–Crippen MR) is 74.4 cm³/mol. The molecule has 0 aliphatic carbocycles. The summed E-state index contributed by atoms with van der Waals surface area (Å²) < 4.78 is 1.85. The monoisotopic (exact) mass is 360 g/mol. The van der Waals surface area contributed by atoms with Gasteiger partial charge in [-0.3, -0.25) is 4.98 Å². The summed E-state index contributed by atoms with van der Waals surface area (Å²) in [6.45, 7) is 0. The topological polar surface area (TPSA) is 24.9 Å². The molecule has 1 N–H and O–H groups in total. The normalized spacial score (nSPS) is 10.2. The number of nitrogens with zero attached hydrogens (tertiary/aromatic N) is 1. The van der Waals surface area contributed by atoms with E-state index in [1.165, 1.54) is 0 Å². The van der Waals surface area contributed by atoms with E-state index in [9.17, 15) is 0 Å². The molecule has 0 fully saturated rings. The van der Waals surface area contributed by atoms with Gasteiger partial charge in [-0.05, 0) is 56.1 Å². The Morgan fingerprint density at radius 3 is 2.62 bits per heavy atom. The van der Waals surface area contributed by atoms with Gasteiger partial charge in [-0.15, -0.1) is 0 Å². The standard InChI is InChI=1S/C11H7Br2ClN2/c12-7-3-9(6-15-5-7)16-11-2-1-8(14)4-10(11)13/h1-6,16H. The van der Waals surface area contributed by atoms with Gasteiger partial charge < -0.3 is 5.32 Å². The van der Waals surface area contributed by atoms with Crippen LogP contribution in [0, 0.1) is 0 Å². The first-order valence-corrected chi connectivity index (χ1v) is 6.44. The van der Waals surface area contributed by atoms with Crippen LogP contribution in [0.25, 0.3) is 0 Å². The molecule has 0 radical (unpaired) electrons. The van der Waals surface area contributed by atoms with E-state index in [1.807, 2.05) is 24.3 Å². The van der Waals surface area contributed by atoms with E-state index in [4.69, 9.17) is 11.6 Å². The van der Waals surface area contributed by atoms with Gasteiger partial charge in [-0.2, -0.15) is 0 Å². The first kappa shape index (κ1) is 11.9. The van der Waals surface area contributed by atoms with Gasteiger partial charge in [0.15, 0.2) is 0 Å². The summed E-state index contributed by atoms with van der Waals surface area (Å²) in [7, 11) is 0. The Kier molecular flexibility index (Phi) is 3.84. The van der Waals surface area contributed by atoms with Crippen molar-refractivity contribution in [2.45, 2.75) is 0 Å². The molecule has 2 nitrogen and oxygen atoms in total. The fraction of sp³-hybridized carbons (Fsp3) is 0. The number of benzene rings is 1. The maximum atomic E-state index is 5.87. The van der Waals surface area contributed by atoms with Crippen LogP contribution in [-0.2, 0) is 0 Å². The molecule has 0 unspecified atom stereocenters. The van der Waals surface area contributed by atoms with Crippen LogP contribution in [0.1, 0.15) is 0 Å². The van der Waals surface area contributed by atoms with Gasteiger partial charge in [0.05, 0.1) is 17.6 Å². The molecule has 16 heavy (non-hydrogen) atoms. The van der Waals surface area contributed by atoms with Gasteiger partial charge >= 0.3 is 0 Å². The average Bonchev–Trinajstić information content (AvgIpc) is 2.22. The predicted octanol–water partition coefficient (Wildman–Crippen LogP) is 5.00. The highest BCUT2D eigenvalue weighted by atomic mass is 79.9. The van der Waals surface area contributed by atoms with E-state index in [-0.39, 0.29) is 0 Å². The summed E-state index contributed by atoms with van der Waals surface area (Å²) in [5.74, 6) is 0. The Labute approximate surface area is 115 Å². The van der Waals surface area contributed by atoms with Crippen LogP contribution in [0.15, 0.2) is 45.6 Å². The molecule has 1 heterocycles. The Balaban J connectivity index is 2.27. The molecule has 0 aliphatic rings. The minimum absolute atomic E-state index is 0.699. The number of hydrogen-bond acceptors (Lipinski definition) is 2. The molecule has 0 atom stereocenters. The molecule has 0 spiro atoms. The van der Waals surface area contributed by atoms with Crippen molar-refractivity contribution in [1.29, 1.82) is 0 Å². The molecular weight excluding hydrogens is 355 g/mol. The lowest BCUT2D eigenvalue weighted by Gasteiger charge is -2.08. The average molecular weight is 362 g/mol. The van der Waals surface area contributed by atoms with E-state index in [2.05, 4.69) is 42.2 Å². The highest BCUT2D eigenvalue weighted by Crippen LogP contribution is 2.28. The molecule has 0 saturated carbocycles. The molecule has 1 aromatic carbocycles. The third-order valence-corrected chi connectivity index (χ3v) is 3.24. The van der Waals surface area contributed by atoms with Crippen LogP contribution < -0.4 is 5.32 Å². The van der Waals surface area contributed by atoms with Gasteiger partial charge in [0.1, 0.15) is 0 Å². The van der Waals surface area contributed by atoms with Crippen LogP contribution >= 0.6 is 43.5 Å². The van der Waals surface area contributed by atoms with Crippen molar-refractivity contribution in [3.05, 3.63) is 50.6 Å². The number of pyridine rings is 1. The van der Waals surface area contributed by atoms with E-state index in [1.54, 1.807) is 12.4 Å². The van der Waals surface area contributed by atoms with Crippen molar-refractivity contribution < 1.29 is 0 Å². The number of halogens is 3. The highest BCUT2D eigenvalue weighted by molar-refractivity contribution is 9.10. The zero-order valence-corrected chi connectivity index (χ0v) is 12.0. The summed E-state index contributed by atoms with van der Waals surface area (Å²) in [5.41, 5.74) is 1.86. The second-order valence-electron chi connectivity index (χ2n) is 3.14. The van der Waals surface area contributed by atoms with Crippen LogP contribution in [0.5, 0.6) is 0 Å². The lowest BCUT2D eigenvalue weighted by atomic mass is 10.3. The Morgan fingerprint density at radius 2 is 1.94 bits per heavy atom. The number of hydrogen-bond donors (Lipinski definition) is 1. The van der Waals surface area contributed by atoms with E-state index < -0.39 is 0 Å². The van der Waals surface area contributed by atoms with Crippen LogP contribution in [0.4, 0.5) is 11.4 Å². The van der Waals surface area contributed by atoms with Crippen LogP contribution in [0.2, 0.25) is 5.02 Å². The van der Waals surface area contributed by atoms with Crippen molar-refractivity contribution in [3.63, 3.8) is 0 Å². The van der Waals surface area contributed by atoms with Crippen molar-refractivity contribution in [2.75, 3.05) is 5.32 Å². The third-order valence-electron chi connectivity index (χ3n) is 1.92. The summed E-state index contributed by atoms with van der Waals surface area (Å²) in [4.78, 5) is 4.08. The summed E-state index contributed by atoms with van der Waals surface area (Å²) in [6, 6.07) is 7.54. The minimum atomic E-state index is 0.699. The lowest BCUT2D eigenvalue weighted by Crippen LogP contribution is -1.91. The molecule has 0 aliphatic heterocycles. The molecular formula is C11H7Br2ClN2. The second kappa shape index (κ2) is 5.17. The fourth-order valence-corrected chi connectivity index (χ4v) is 2.37. The van der Waals surface area contributed by atoms with Crippen LogP contribution in [0.3, 0.4) is 0 Å². The zero-order valence-electron chi connectivity index (χ0n) is 8.05. The maximum Gasteiger partial charge on any atom is 0.0582 e. The smallest absolute Gasteiger partial charge is 0.0582 e. The second-order valence-corrected chi connectivity index (χ2v) is 5.35. The van der Waals surface area contributed by atoms with Crippen molar-refractivity contribution in [1.82, 2.24) is 4.98 Å². The molecule has 1 aromatic heterocycles. The summed E-state index contributed by atoms with van der Waals surface area (Å²) in [5, 5.41) is 3.94. The van der Waals surface area contributed by atoms with Gasteiger partial charge in [0.2, 0.25) is 0 Å². The summed E-state index contributed by atoms with van der Waals surface area (Å²) >= 11 is 12.7. The van der Waals surface area contributed by atoms with Crippen LogP contribution in [-0.4, -0.2) is 4.98 Å². The van der Waals surface area contributed by atoms with E-state index >= 15 is 0 Å². The minimum Gasteiger partial charge on any atom is -0.353 e. The lowest BCUT2D eigenvalue weighted by molar-refractivity contribution is 1.30. The number of nitrogens with one attached hydrogen (secondary N) is 1. The van der Waals surface area contributed by atoms with E-state index in [0.717, 1.165) is 20.3 Å². The Morgan fingerprint density at radius 1 is 1.12 bits per heavy atom. The Bertz CT molecular complexity index is 517. The van der Waals surface area contributed by atoms with Gasteiger partial charge in [-0.25, -0.2) is 0 Å². The van der Waals surface area contributed by atoms with Crippen molar-refractivity contribution in [2.24, 2.45) is 0 Å². The number of rotatable bonds is 2. The van der Waals surface area contributed by atoms with Gasteiger partial charge in [0.25, 0.3) is 0 Å². The molecule has 0 amide bonds. The highest BCUT2D eigenvalue weighted by Gasteiger charge is 2.01. The number of anilines is 2. The molecule has 0 saturated heterocycles. The molecule has 2 rings (SSSR count). The third kappa shape index (κ3) is 2.97. The SMILES string of the molecule is Clc1ccc(Nc2cncc(Br)c2)c(Br)c1. The summed E-state index contributed by atoms with van der Waals surface area (Å²) in [6.07, 6.45) is 3.49. The zero-order chi connectivity index (χ0) is 11.5. The van der Waals surface area contributed by atoms with Gasteiger partial charge in [0, 0.05) is 20.2 Å². The molecule has 0 bridgehead atoms. The van der Waals surface area contributed by atoms with Gasteiger partial charge in [-0.1, -0.05) is 11.6 Å². The maximum absolute atomic E-state index is 5.87. The first-order chi connectivity index (χ1) is 7.65. The van der Waals surface area contributed by atoms with E-state index in [0.29, 0.717) is 5.02 Å². The molecule has 2 aromatic rings.